The Morgan fingerprint density at radius 1 is 1.45 bits per heavy atom. The van der Waals surface area contributed by atoms with Crippen molar-refractivity contribution in [2.75, 3.05) is 19.8 Å². The molecule has 1 fully saturated rings. The standard InChI is InChI=1S/C15H15FN2O2/c16-13-1-2-14-11(6-13)5-12(8-17-14)15(19)18-7-10-3-4-20-9-10/h1-2,5-6,8,10H,3-4,7,9H2,(H,18,19). The highest BCUT2D eigenvalue weighted by Gasteiger charge is 2.17. The van der Waals surface area contributed by atoms with E-state index in [1.165, 1.54) is 18.3 Å². The number of amides is 1. The minimum atomic E-state index is -0.333. The molecule has 0 spiro atoms. The van der Waals surface area contributed by atoms with E-state index in [0.717, 1.165) is 13.0 Å². The first kappa shape index (κ1) is 13.0. The quantitative estimate of drug-likeness (QED) is 0.933. The Labute approximate surface area is 116 Å². The van der Waals surface area contributed by atoms with Gasteiger partial charge >= 0.3 is 0 Å². The normalized spacial score (nSPS) is 18.4. The second kappa shape index (κ2) is 5.54. The van der Waals surface area contributed by atoms with E-state index in [9.17, 15) is 9.18 Å². The lowest BCUT2D eigenvalue weighted by atomic mass is 10.1. The molecule has 1 saturated heterocycles. The summed E-state index contributed by atoms with van der Waals surface area (Å²) >= 11 is 0. The van der Waals surface area contributed by atoms with Crippen molar-refractivity contribution < 1.29 is 13.9 Å². The smallest absolute Gasteiger partial charge is 0.252 e. The largest absolute Gasteiger partial charge is 0.381 e. The topological polar surface area (TPSA) is 51.2 Å². The van der Waals surface area contributed by atoms with Gasteiger partial charge in [-0.05, 0) is 30.7 Å². The van der Waals surface area contributed by atoms with Crippen LogP contribution in [0.2, 0.25) is 0 Å². The van der Waals surface area contributed by atoms with Crippen LogP contribution in [0.25, 0.3) is 10.9 Å². The molecule has 2 aromatic rings. The Balaban J connectivity index is 1.73. The number of nitrogens with one attached hydrogen (secondary N) is 1. The summed E-state index contributed by atoms with van der Waals surface area (Å²) in [5, 5.41) is 3.49. The van der Waals surface area contributed by atoms with Gasteiger partial charge in [-0.3, -0.25) is 9.78 Å². The van der Waals surface area contributed by atoms with E-state index in [1.807, 2.05) is 0 Å². The van der Waals surface area contributed by atoms with Crippen LogP contribution >= 0.6 is 0 Å². The van der Waals surface area contributed by atoms with Crippen LogP contribution in [0.3, 0.4) is 0 Å². The summed E-state index contributed by atoms with van der Waals surface area (Å²) in [7, 11) is 0. The molecule has 1 aromatic heterocycles. The number of carbonyl (C=O) groups excluding carboxylic acids is 1. The molecule has 20 heavy (non-hydrogen) atoms. The number of aromatic nitrogens is 1. The summed E-state index contributed by atoms with van der Waals surface area (Å²) in [6.45, 7) is 2.05. The van der Waals surface area contributed by atoms with Crippen molar-refractivity contribution >= 4 is 16.8 Å². The highest BCUT2D eigenvalue weighted by molar-refractivity contribution is 5.97. The average molecular weight is 274 g/mol. The van der Waals surface area contributed by atoms with Gasteiger partial charge < -0.3 is 10.1 Å². The van der Waals surface area contributed by atoms with Crippen molar-refractivity contribution in [2.24, 2.45) is 5.92 Å². The number of rotatable bonds is 3. The molecule has 1 atom stereocenters. The molecule has 1 aliphatic rings. The molecule has 2 heterocycles. The fourth-order valence-electron chi connectivity index (χ4n) is 2.31. The minimum absolute atomic E-state index is 0.185. The van der Waals surface area contributed by atoms with Gasteiger partial charge in [-0.25, -0.2) is 4.39 Å². The Morgan fingerprint density at radius 2 is 2.35 bits per heavy atom. The molecule has 0 radical (unpaired) electrons. The lowest BCUT2D eigenvalue weighted by Gasteiger charge is -2.09. The summed E-state index contributed by atoms with van der Waals surface area (Å²) in [5.41, 5.74) is 1.12. The van der Waals surface area contributed by atoms with Crippen molar-refractivity contribution in [3.05, 3.63) is 41.8 Å². The third kappa shape index (κ3) is 2.77. The van der Waals surface area contributed by atoms with Crippen LogP contribution in [0.4, 0.5) is 4.39 Å². The molecule has 0 bridgehead atoms. The Bertz CT molecular complexity index is 639. The van der Waals surface area contributed by atoms with E-state index in [4.69, 9.17) is 4.74 Å². The van der Waals surface area contributed by atoms with Crippen LogP contribution in [0, 0.1) is 11.7 Å². The van der Waals surface area contributed by atoms with Gasteiger partial charge in [0.1, 0.15) is 5.82 Å². The molecule has 0 aliphatic carbocycles. The first-order valence-electron chi connectivity index (χ1n) is 6.63. The molecule has 1 aliphatic heterocycles. The third-order valence-corrected chi connectivity index (χ3v) is 3.48. The fraction of sp³-hybridized carbons (Fsp3) is 0.333. The molecule has 4 nitrogen and oxygen atoms in total. The van der Waals surface area contributed by atoms with E-state index < -0.39 is 0 Å². The van der Waals surface area contributed by atoms with Gasteiger partial charge in [0, 0.05) is 30.7 Å². The van der Waals surface area contributed by atoms with Crippen molar-refractivity contribution in [1.29, 1.82) is 0 Å². The molecular weight excluding hydrogens is 259 g/mol. The zero-order valence-corrected chi connectivity index (χ0v) is 10.9. The molecule has 1 unspecified atom stereocenters. The van der Waals surface area contributed by atoms with E-state index in [1.54, 1.807) is 12.1 Å². The summed E-state index contributed by atoms with van der Waals surface area (Å²) in [4.78, 5) is 16.2. The van der Waals surface area contributed by atoms with Gasteiger partial charge in [0.05, 0.1) is 17.7 Å². The van der Waals surface area contributed by atoms with Gasteiger partial charge in [0.2, 0.25) is 0 Å². The first-order chi connectivity index (χ1) is 9.72. The van der Waals surface area contributed by atoms with Crippen LogP contribution in [-0.4, -0.2) is 30.6 Å². The zero-order valence-electron chi connectivity index (χ0n) is 10.9. The van der Waals surface area contributed by atoms with Gasteiger partial charge in [-0.1, -0.05) is 0 Å². The monoisotopic (exact) mass is 274 g/mol. The summed E-state index contributed by atoms with van der Waals surface area (Å²) in [6, 6.07) is 5.99. The van der Waals surface area contributed by atoms with Crippen molar-refractivity contribution in [3.8, 4) is 0 Å². The summed E-state index contributed by atoms with van der Waals surface area (Å²) in [5.74, 6) is -0.139. The van der Waals surface area contributed by atoms with Gasteiger partial charge in [-0.15, -0.1) is 0 Å². The second-order valence-corrected chi connectivity index (χ2v) is 5.00. The molecule has 5 heteroatoms. The summed E-state index contributed by atoms with van der Waals surface area (Å²) < 4.78 is 18.4. The maximum atomic E-state index is 13.2. The van der Waals surface area contributed by atoms with E-state index in [-0.39, 0.29) is 11.7 Å². The number of pyridine rings is 1. The number of carbonyl (C=O) groups is 1. The molecule has 3 rings (SSSR count). The highest BCUT2D eigenvalue weighted by Crippen LogP contribution is 2.15. The lowest BCUT2D eigenvalue weighted by molar-refractivity contribution is 0.0945. The molecule has 1 aromatic carbocycles. The zero-order chi connectivity index (χ0) is 13.9. The van der Waals surface area contributed by atoms with E-state index >= 15 is 0 Å². The van der Waals surface area contributed by atoms with Crippen LogP contribution < -0.4 is 5.32 Å². The van der Waals surface area contributed by atoms with Crippen molar-refractivity contribution in [2.45, 2.75) is 6.42 Å². The maximum absolute atomic E-state index is 13.2. The molecule has 1 N–H and O–H groups in total. The number of halogens is 1. The van der Waals surface area contributed by atoms with Gasteiger partial charge in [0.25, 0.3) is 5.91 Å². The van der Waals surface area contributed by atoms with Crippen molar-refractivity contribution in [3.63, 3.8) is 0 Å². The molecular formula is C15H15FN2O2. The highest BCUT2D eigenvalue weighted by atomic mass is 19.1. The third-order valence-electron chi connectivity index (χ3n) is 3.48. The minimum Gasteiger partial charge on any atom is -0.381 e. The van der Waals surface area contributed by atoms with Crippen LogP contribution in [0.15, 0.2) is 30.5 Å². The second-order valence-electron chi connectivity index (χ2n) is 5.00. The number of nitrogens with zero attached hydrogens (tertiary/aromatic N) is 1. The Morgan fingerprint density at radius 3 is 3.15 bits per heavy atom. The number of benzene rings is 1. The van der Waals surface area contributed by atoms with Crippen LogP contribution in [0.1, 0.15) is 16.8 Å². The van der Waals surface area contributed by atoms with Gasteiger partial charge in [0.15, 0.2) is 0 Å². The number of hydrogen-bond donors (Lipinski definition) is 1. The van der Waals surface area contributed by atoms with Crippen LogP contribution in [-0.2, 0) is 4.74 Å². The number of ether oxygens (including phenoxy) is 1. The van der Waals surface area contributed by atoms with E-state index in [2.05, 4.69) is 10.3 Å². The Hall–Kier alpha value is -2.01. The number of fused-ring (bicyclic) bond motifs is 1. The summed E-state index contributed by atoms with van der Waals surface area (Å²) in [6.07, 6.45) is 2.49. The average Bonchev–Trinajstić information content (AvgIpc) is 2.97. The lowest BCUT2D eigenvalue weighted by Crippen LogP contribution is -2.29. The van der Waals surface area contributed by atoms with Crippen molar-refractivity contribution in [1.82, 2.24) is 10.3 Å². The molecule has 1 amide bonds. The predicted molar refractivity (Wildman–Crippen MR) is 73.0 cm³/mol. The Kier molecular flexibility index (Phi) is 3.60. The van der Waals surface area contributed by atoms with E-state index in [0.29, 0.717) is 35.5 Å². The first-order valence-corrected chi connectivity index (χ1v) is 6.63. The number of hydrogen-bond acceptors (Lipinski definition) is 3. The predicted octanol–water partition coefficient (Wildman–Crippen LogP) is 2.14. The maximum Gasteiger partial charge on any atom is 0.252 e. The molecule has 0 saturated carbocycles. The fourth-order valence-corrected chi connectivity index (χ4v) is 2.31. The van der Waals surface area contributed by atoms with Crippen LogP contribution in [0.5, 0.6) is 0 Å². The van der Waals surface area contributed by atoms with Gasteiger partial charge in [-0.2, -0.15) is 0 Å². The SMILES string of the molecule is O=C(NCC1CCOC1)c1cnc2ccc(F)cc2c1. The molecule has 104 valence electrons.